The van der Waals surface area contributed by atoms with Crippen molar-refractivity contribution in [2.75, 3.05) is 0 Å². The summed E-state index contributed by atoms with van der Waals surface area (Å²) in [5.74, 6) is 0.534. The van der Waals surface area contributed by atoms with Gasteiger partial charge in [-0.1, -0.05) is 31.5 Å². The van der Waals surface area contributed by atoms with Crippen LogP contribution in [0.2, 0.25) is 5.02 Å². The van der Waals surface area contributed by atoms with Gasteiger partial charge < -0.3 is 5.32 Å². The van der Waals surface area contributed by atoms with Gasteiger partial charge in [0.2, 0.25) is 0 Å². The lowest BCUT2D eigenvalue weighted by atomic mass is 10.0. The van der Waals surface area contributed by atoms with Gasteiger partial charge in [0.05, 0.1) is 16.4 Å². The molecule has 0 spiro atoms. The molecule has 2 heterocycles. The van der Waals surface area contributed by atoms with Gasteiger partial charge in [-0.25, -0.2) is 0 Å². The van der Waals surface area contributed by atoms with Gasteiger partial charge in [-0.15, -0.1) is 11.3 Å². The summed E-state index contributed by atoms with van der Waals surface area (Å²) in [5.41, 5.74) is 1.93. The molecule has 5 heteroatoms. The van der Waals surface area contributed by atoms with Crippen LogP contribution >= 0.6 is 22.9 Å². The summed E-state index contributed by atoms with van der Waals surface area (Å²) in [6, 6.07) is 4.63. The second kappa shape index (κ2) is 6.07. The van der Waals surface area contributed by atoms with E-state index in [0.29, 0.717) is 12.0 Å². The number of hydrogen-bond acceptors (Lipinski definition) is 3. The lowest BCUT2D eigenvalue weighted by molar-refractivity contribution is 0.410. The van der Waals surface area contributed by atoms with Crippen LogP contribution in [-0.2, 0) is 13.6 Å². The first kappa shape index (κ1) is 14.6. The Morgan fingerprint density at radius 1 is 1.47 bits per heavy atom. The Morgan fingerprint density at radius 2 is 2.21 bits per heavy atom. The molecule has 0 saturated heterocycles. The molecule has 2 aromatic rings. The molecule has 2 aromatic heterocycles. The number of aromatic nitrogens is 2. The maximum Gasteiger partial charge on any atom is 0.0860 e. The zero-order valence-electron chi connectivity index (χ0n) is 11.8. The Morgan fingerprint density at radius 3 is 2.68 bits per heavy atom. The second-order valence-corrected chi connectivity index (χ2v) is 6.44. The largest absolute Gasteiger partial charge is 0.303 e. The number of aryl methyl sites for hydroxylation is 2. The lowest BCUT2D eigenvalue weighted by Crippen LogP contribution is -2.25. The predicted molar refractivity (Wildman–Crippen MR) is 81.7 cm³/mol. The first-order valence-corrected chi connectivity index (χ1v) is 7.71. The van der Waals surface area contributed by atoms with E-state index in [1.165, 1.54) is 4.88 Å². The van der Waals surface area contributed by atoms with Crippen LogP contribution in [0.25, 0.3) is 0 Å². The zero-order chi connectivity index (χ0) is 14.0. The fourth-order valence-electron chi connectivity index (χ4n) is 2.21. The number of thiophene rings is 1. The van der Waals surface area contributed by atoms with Gasteiger partial charge in [-0.2, -0.15) is 5.10 Å². The van der Waals surface area contributed by atoms with Crippen molar-refractivity contribution < 1.29 is 0 Å². The van der Waals surface area contributed by atoms with Gasteiger partial charge in [0.1, 0.15) is 0 Å². The monoisotopic (exact) mass is 297 g/mol. The first-order valence-electron chi connectivity index (χ1n) is 6.45. The van der Waals surface area contributed by atoms with Crippen molar-refractivity contribution in [1.82, 2.24) is 15.1 Å². The van der Waals surface area contributed by atoms with E-state index in [4.69, 9.17) is 11.6 Å². The van der Waals surface area contributed by atoms with Crippen molar-refractivity contribution in [3.8, 4) is 0 Å². The van der Waals surface area contributed by atoms with Crippen LogP contribution in [0.15, 0.2) is 17.5 Å². The molecule has 0 saturated carbocycles. The van der Waals surface area contributed by atoms with E-state index < -0.39 is 0 Å². The summed E-state index contributed by atoms with van der Waals surface area (Å²) in [6.07, 6.45) is 0. The highest BCUT2D eigenvalue weighted by Crippen LogP contribution is 2.27. The minimum Gasteiger partial charge on any atom is -0.303 e. The van der Waals surface area contributed by atoms with Crippen molar-refractivity contribution in [1.29, 1.82) is 0 Å². The number of nitrogens with zero attached hydrogens (tertiary/aromatic N) is 2. The normalized spacial score (nSPS) is 13.2. The van der Waals surface area contributed by atoms with Crippen LogP contribution < -0.4 is 5.32 Å². The van der Waals surface area contributed by atoms with E-state index in [1.54, 1.807) is 11.3 Å². The summed E-state index contributed by atoms with van der Waals surface area (Å²) in [5, 5.41) is 10.8. The molecule has 0 fully saturated rings. The molecule has 2 rings (SSSR count). The highest BCUT2D eigenvalue weighted by atomic mass is 35.5. The highest BCUT2D eigenvalue weighted by molar-refractivity contribution is 7.10. The predicted octanol–water partition coefficient (Wildman–Crippen LogP) is 3.93. The van der Waals surface area contributed by atoms with Gasteiger partial charge in [-0.3, -0.25) is 4.68 Å². The summed E-state index contributed by atoms with van der Waals surface area (Å²) in [7, 11) is 1.94. The number of nitrogens with one attached hydrogen (secondary N) is 1. The summed E-state index contributed by atoms with van der Waals surface area (Å²) in [6.45, 7) is 7.13. The third-order valence-electron chi connectivity index (χ3n) is 3.27. The Hall–Kier alpha value is -0.840. The van der Waals surface area contributed by atoms with Crippen molar-refractivity contribution in [3.05, 3.63) is 38.8 Å². The zero-order valence-corrected chi connectivity index (χ0v) is 13.3. The molecule has 0 aliphatic heterocycles. The quantitative estimate of drug-likeness (QED) is 0.906. The Kier molecular flexibility index (Phi) is 4.66. The highest BCUT2D eigenvalue weighted by Gasteiger charge is 2.18. The van der Waals surface area contributed by atoms with Crippen molar-refractivity contribution in [3.63, 3.8) is 0 Å². The van der Waals surface area contributed by atoms with Crippen LogP contribution in [0.1, 0.15) is 36.2 Å². The maximum atomic E-state index is 6.28. The molecule has 0 aromatic carbocycles. The van der Waals surface area contributed by atoms with Crippen molar-refractivity contribution >= 4 is 22.9 Å². The second-order valence-electron chi connectivity index (χ2n) is 5.09. The fourth-order valence-corrected chi connectivity index (χ4v) is 3.41. The minimum atomic E-state index is 0.353. The average molecular weight is 298 g/mol. The molecule has 0 bridgehead atoms. The molecule has 3 nitrogen and oxygen atoms in total. The van der Waals surface area contributed by atoms with Gasteiger partial charge in [0.15, 0.2) is 0 Å². The third kappa shape index (κ3) is 3.19. The summed E-state index contributed by atoms with van der Waals surface area (Å²) in [4.78, 5) is 1.37. The van der Waals surface area contributed by atoms with Gasteiger partial charge in [-0.05, 0) is 24.3 Å². The smallest absolute Gasteiger partial charge is 0.0860 e. The van der Waals surface area contributed by atoms with Crippen LogP contribution in [0.5, 0.6) is 0 Å². The van der Waals surface area contributed by atoms with Gasteiger partial charge in [0.25, 0.3) is 0 Å². The number of hydrogen-bond donors (Lipinski definition) is 1. The van der Waals surface area contributed by atoms with E-state index >= 15 is 0 Å². The minimum absolute atomic E-state index is 0.353. The molecule has 0 aliphatic rings. The molecule has 0 amide bonds. The van der Waals surface area contributed by atoms with Crippen LogP contribution in [0, 0.1) is 12.8 Å². The van der Waals surface area contributed by atoms with Crippen molar-refractivity contribution in [2.24, 2.45) is 13.0 Å². The van der Waals surface area contributed by atoms with Crippen molar-refractivity contribution in [2.45, 2.75) is 33.4 Å². The third-order valence-corrected chi connectivity index (χ3v) is 4.71. The molecular weight excluding hydrogens is 278 g/mol. The van der Waals surface area contributed by atoms with Crippen LogP contribution in [0.4, 0.5) is 0 Å². The molecule has 1 atom stereocenters. The maximum absolute atomic E-state index is 6.28. The van der Waals surface area contributed by atoms with E-state index in [9.17, 15) is 0 Å². The van der Waals surface area contributed by atoms with Crippen LogP contribution in [0.3, 0.4) is 0 Å². The Labute approximate surface area is 123 Å². The Balaban J connectivity index is 2.11. The Bertz CT molecular complexity index is 531. The van der Waals surface area contributed by atoms with E-state index in [-0.39, 0.29) is 0 Å². The van der Waals surface area contributed by atoms with Gasteiger partial charge in [0, 0.05) is 24.5 Å². The molecule has 1 N–H and O–H groups in total. The first-order chi connectivity index (χ1) is 9.00. The number of rotatable bonds is 5. The van der Waals surface area contributed by atoms with E-state index in [1.807, 2.05) is 18.7 Å². The summed E-state index contributed by atoms with van der Waals surface area (Å²) < 4.78 is 1.86. The SMILES string of the molecule is Cc1nn(C)c(CNC(c2cccs2)C(C)C)c1Cl. The van der Waals surface area contributed by atoms with Gasteiger partial charge >= 0.3 is 0 Å². The standard InChI is InChI=1S/C14H20ClN3S/c1-9(2)14(12-6-5-7-19-12)16-8-11-13(15)10(3)17-18(11)4/h5-7,9,14,16H,8H2,1-4H3. The summed E-state index contributed by atoms with van der Waals surface area (Å²) >= 11 is 8.07. The van der Waals surface area contributed by atoms with E-state index in [2.05, 4.69) is 41.8 Å². The lowest BCUT2D eigenvalue weighted by Gasteiger charge is -2.21. The van der Waals surface area contributed by atoms with E-state index in [0.717, 1.165) is 23.0 Å². The molecule has 0 aliphatic carbocycles. The fraction of sp³-hybridized carbons (Fsp3) is 0.500. The van der Waals surface area contributed by atoms with Crippen LogP contribution in [-0.4, -0.2) is 9.78 Å². The molecular formula is C14H20ClN3S. The molecule has 1 unspecified atom stereocenters. The molecule has 19 heavy (non-hydrogen) atoms. The topological polar surface area (TPSA) is 29.9 Å². The molecule has 0 radical (unpaired) electrons. The number of halogens is 1. The average Bonchev–Trinajstić information content (AvgIpc) is 2.93. The molecule has 104 valence electrons.